The largest absolute Gasteiger partial charge is 0.544 e. The van der Waals surface area contributed by atoms with Crippen LogP contribution in [-0.2, 0) is 4.43 Å². The van der Waals surface area contributed by atoms with E-state index in [1.54, 1.807) is 0 Å². The van der Waals surface area contributed by atoms with Crippen molar-refractivity contribution in [2.45, 2.75) is 47.3 Å². The van der Waals surface area contributed by atoms with Crippen molar-refractivity contribution < 1.29 is 4.43 Å². The minimum Gasteiger partial charge on any atom is -0.544 e. The highest BCUT2D eigenvalue weighted by atomic mass is 28.4. The van der Waals surface area contributed by atoms with Crippen molar-refractivity contribution in [2.75, 3.05) is 0 Å². The van der Waals surface area contributed by atoms with Gasteiger partial charge in [-0.25, -0.2) is 0 Å². The number of hydrogen-bond donors (Lipinski definition) is 0. The zero-order valence-corrected chi connectivity index (χ0v) is 11.5. The van der Waals surface area contributed by atoms with E-state index in [1.807, 2.05) is 0 Å². The molecule has 0 saturated heterocycles. The van der Waals surface area contributed by atoms with Gasteiger partial charge in [0.05, 0.1) is 0 Å². The first-order valence-electron chi connectivity index (χ1n) is 5.31. The van der Waals surface area contributed by atoms with Gasteiger partial charge in [0, 0.05) is 5.92 Å². The zero-order valence-electron chi connectivity index (χ0n) is 10.5. The van der Waals surface area contributed by atoms with Gasteiger partial charge in [-0.1, -0.05) is 12.5 Å². The average molecular weight is 210 g/mol. The van der Waals surface area contributed by atoms with Crippen LogP contribution in [0.1, 0.15) is 27.7 Å². The summed E-state index contributed by atoms with van der Waals surface area (Å²) in [6.07, 6.45) is 0. The van der Waals surface area contributed by atoms with Gasteiger partial charge in [-0.05, 0) is 51.6 Å². The summed E-state index contributed by atoms with van der Waals surface area (Å²) in [4.78, 5) is 0. The summed E-state index contributed by atoms with van der Waals surface area (Å²) in [6, 6.07) is 0. The van der Waals surface area contributed by atoms with Gasteiger partial charge in [0.1, 0.15) is 5.76 Å². The molecule has 1 rings (SSSR count). The molecule has 0 amide bonds. The van der Waals surface area contributed by atoms with Crippen LogP contribution in [0.2, 0.25) is 19.6 Å². The van der Waals surface area contributed by atoms with Crippen LogP contribution in [0.4, 0.5) is 0 Å². The molecule has 0 aromatic rings. The Balaban J connectivity index is 2.99. The third-order valence-electron chi connectivity index (χ3n) is 3.00. The Kier molecular flexibility index (Phi) is 2.95. The lowest BCUT2D eigenvalue weighted by Gasteiger charge is -2.22. The van der Waals surface area contributed by atoms with Crippen LogP contribution in [0.15, 0.2) is 22.5 Å². The third kappa shape index (κ3) is 2.11. The summed E-state index contributed by atoms with van der Waals surface area (Å²) in [7, 11) is -1.46. The van der Waals surface area contributed by atoms with Crippen LogP contribution in [0.25, 0.3) is 0 Å². The van der Waals surface area contributed by atoms with E-state index in [0.29, 0.717) is 5.92 Å². The van der Waals surface area contributed by atoms with Crippen molar-refractivity contribution in [3.05, 3.63) is 22.5 Å². The van der Waals surface area contributed by atoms with Crippen molar-refractivity contribution >= 4 is 8.32 Å². The maximum atomic E-state index is 6.12. The molecule has 14 heavy (non-hydrogen) atoms. The van der Waals surface area contributed by atoms with E-state index < -0.39 is 8.32 Å². The number of rotatable bonds is 2. The smallest absolute Gasteiger partial charge is 0.242 e. The first-order valence-corrected chi connectivity index (χ1v) is 8.72. The van der Waals surface area contributed by atoms with E-state index in [2.05, 4.69) is 47.3 Å². The van der Waals surface area contributed by atoms with Crippen molar-refractivity contribution in [1.82, 2.24) is 0 Å². The predicted molar refractivity (Wildman–Crippen MR) is 64.7 cm³/mol. The lowest BCUT2D eigenvalue weighted by atomic mass is 10.0. The molecule has 0 spiro atoms. The highest BCUT2D eigenvalue weighted by molar-refractivity contribution is 6.70. The second-order valence-corrected chi connectivity index (χ2v) is 9.69. The van der Waals surface area contributed by atoms with Crippen molar-refractivity contribution in [3.8, 4) is 0 Å². The normalized spacial score (nSPS) is 23.5. The maximum Gasteiger partial charge on any atom is 0.242 e. The Morgan fingerprint density at radius 3 is 1.79 bits per heavy atom. The van der Waals surface area contributed by atoms with Gasteiger partial charge in [-0.15, -0.1) is 0 Å². The van der Waals surface area contributed by atoms with Crippen LogP contribution in [-0.4, -0.2) is 8.32 Å². The number of hydrogen-bond acceptors (Lipinski definition) is 1. The molecule has 2 heteroatoms. The summed E-state index contributed by atoms with van der Waals surface area (Å²) in [6.45, 7) is 15.5. The van der Waals surface area contributed by atoms with E-state index >= 15 is 0 Å². The van der Waals surface area contributed by atoms with Gasteiger partial charge >= 0.3 is 0 Å². The van der Waals surface area contributed by atoms with Crippen molar-refractivity contribution in [2.24, 2.45) is 5.92 Å². The summed E-state index contributed by atoms with van der Waals surface area (Å²) in [5.74, 6) is 1.75. The molecule has 0 heterocycles. The topological polar surface area (TPSA) is 9.23 Å². The monoisotopic (exact) mass is 210 g/mol. The Hall–Kier alpha value is -0.503. The van der Waals surface area contributed by atoms with Gasteiger partial charge in [0.2, 0.25) is 8.32 Å². The van der Waals surface area contributed by atoms with Crippen LogP contribution in [0.5, 0.6) is 0 Å². The molecule has 1 nitrogen and oxygen atoms in total. The average Bonchev–Trinajstić information content (AvgIpc) is 2.20. The molecule has 0 saturated carbocycles. The van der Waals surface area contributed by atoms with E-state index in [1.165, 1.54) is 22.5 Å². The molecule has 0 aliphatic heterocycles. The second kappa shape index (κ2) is 3.57. The standard InChI is InChI=1S/C12H22OSi/c1-8-9(2)11(4)12(10(8)3)13-14(5,6)7/h8H,1-7H3. The van der Waals surface area contributed by atoms with Gasteiger partial charge in [0.25, 0.3) is 0 Å². The molecule has 0 aromatic heterocycles. The molecular formula is C12H22OSi. The molecule has 0 bridgehead atoms. The van der Waals surface area contributed by atoms with Crippen LogP contribution < -0.4 is 0 Å². The predicted octanol–water partition coefficient (Wildman–Crippen LogP) is 4.10. The lowest BCUT2D eigenvalue weighted by molar-refractivity contribution is 0.427. The fraction of sp³-hybridized carbons (Fsp3) is 0.667. The van der Waals surface area contributed by atoms with E-state index in [0.717, 1.165) is 0 Å². The SMILES string of the molecule is CC1=C(C)C(C)C(C)=C1O[Si](C)(C)C. The highest BCUT2D eigenvalue weighted by Gasteiger charge is 2.28. The summed E-state index contributed by atoms with van der Waals surface area (Å²) in [5.41, 5.74) is 4.23. The molecule has 80 valence electrons. The molecule has 1 atom stereocenters. The van der Waals surface area contributed by atoms with Crippen LogP contribution in [0, 0.1) is 5.92 Å². The Morgan fingerprint density at radius 2 is 1.50 bits per heavy atom. The first-order chi connectivity index (χ1) is 6.24. The molecule has 1 aliphatic carbocycles. The van der Waals surface area contributed by atoms with Gasteiger partial charge < -0.3 is 4.43 Å². The minimum atomic E-state index is -1.46. The molecule has 1 aliphatic rings. The van der Waals surface area contributed by atoms with E-state index in [9.17, 15) is 0 Å². The molecule has 0 radical (unpaired) electrons. The van der Waals surface area contributed by atoms with Gasteiger partial charge in [0.15, 0.2) is 0 Å². The van der Waals surface area contributed by atoms with Crippen molar-refractivity contribution in [3.63, 3.8) is 0 Å². The third-order valence-corrected chi connectivity index (χ3v) is 3.81. The fourth-order valence-electron chi connectivity index (χ4n) is 1.78. The lowest BCUT2D eigenvalue weighted by Crippen LogP contribution is -2.25. The second-order valence-electron chi connectivity index (χ2n) is 5.26. The minimum absolute atomic E-state index is 0.571. The van der Waals surface area contributed by atoms with E-state index in [-0.39, 0.29) is 0 Å². The molecular weight excluding hydrogens is 188 g/mol. The Bertz CT molecular complexity index is 305. The zero-order chi connectivity index (χ0) is 11.1. The fourth-order valence-corrected chi connectivity index (χ4v) is 2.71. The van der Waals surface area contributed by atoms with Crippen molar-refractivity contribution in [1.29, 1.82) is 0 Å². The molecule has 0 fully saturated rings. The van der Waals surface area contributed by atoms with E-state index in [4.69, 9.17) is 4.43 Å². The summed E-state index contributed by atoms with van der Waals surface area (Å²) >= 11 is 0. The van der Waals surface area contributed by atoms with Gasteiger partial charge in [-0.3, -0.25) is 0 Å². The first kappa shape index (κ1) is 11.6. The molecule has 0 aromatic carbocycles. The van der Waals surface area contributed by atoms with Gasteiger partial charge in [-0.2, -0.15) is 0 Å². The summed E-state index contributed by atoms with van der Waals surface area (Å²) < 4.78 is 6.12. The molecule has 0 N–H and O–H groups in total. The summed E-state index contributed by atoms with van der Waals surface area (Å²) in [5, 5.41) is 0. The Morgan fingerprint density at radius 1 is 1.00 bits per heavy atom. The van der Waals surface area contributed by atoms with Crippen LogP contribution in [0.3, 0.4) is 0 Å². The highest BCUT2D eigenvalue weighted by Crippen LogP contribution is 2.38. The van der Waals surface area contributed by atoms with Crippen LogP contribution >= 0.6 is 0 Å². The Labute approximate surface area is 89.0 Å². The quantitative estimate of drug-likeness (QED) is 0.624. The number of allylic oxidation sites excluding steroid dienone is 3. The molecule has 1 unspecified atom stereocenters. The maximum absolute atomic E-state index is 6.12.